The lowest BCUT2D eigenvalue weighted by atomic mass is 9.77. The fourth-order valence-electron chi connectivity index (χ4n) is 5.40. The Morgan fingerprint density at radius 3 is 2.06 bits per heavy atom. The summed E-state index contributed by atoms with van der Waals surface area (Å²) in [5.74, 6) is -5.19. The maximum atomic E-state index is 13.9. The fraction of sp³-hybridized carbons (Fsp3) is 0.154. The van der Waals surface area contributed by atoms with Gasteiger partial charge >= 0.3 is 0 Å². The van der Waals surface area contributed by atoms with Gasteiger partial charge in [0.25, 0.3) is 0 Å². The van der Waals surface area contributed by atoms with Crippen molar-refractivity contribution in [2.45, 2.75) is 11.7 Å². The number of hydrogen-bond acceptors (Lipinski definition) is 5. The lowest BCUT2D eigenvalue weighted by molar-refractivity contribution is -0.127. The first-order valence-electron chi connectivity index (χ1n) is 10.7. The summed E-state index contributed by atoms with van der Waals surface area (Å²) in [7, 11) is 0. The average molecular weight is 527 g/mol. The fourth-order valence-corrected chi connectivity index (χ4v) is 5.99. The highest BCUT2D eigenvalue weighted by Crippen LogP contribution is 2.58. The number of halogens is 3. The lowest BCUT2D eigenvalue weighted by Crippen LogP contribution is -2.51. The minimum Gasteiger partial charge on any atom is -0.349 e. The van der Waals surface area contributed by atoms with Crippen LogP contribution in [0.25, 0.3) is 0 Å². The van der Waals surface area contributed by atoms with E-state index in [0.717, 1.165) is 4.90 Å². The van der Waals surface area contributed by atoms with Gasteiger partial charge in [0.05, 0.1) is 23.6 Å². The van der Waals surface area contributed by atoms with Crippen molar-refractivity contribution < 1.29 is 23.9 Å². The molecule has 3 aromatic rings. The van der Waals surface area contributed by atoms with Gasteiger partial charge in [-0.2, -0.15) is 0 Å². The molecule has 1 spiro atoms. The summed E-state index contributed by atoms with van der Waals surface area (Å²) in [6.45, 7) is 0. The van der Waals surface area contributed by atoms with Crippen molar-refractivity contribution in [3.8, 4) is 0 Å². The van der Waals surface area contributed by atoms with E-state index in [1.54, 1.807) is 36.4 Å². The van der Waals surface area contributed by atoms with Gasteiger partial charge in [-0.15, -0.1) is 0 Å². The van der Waals surface area contributed by atoms with Crippen molar-refractivity contribution in [3.05, 3.63) is 98.5 Å². The van der Waals surface area contributed by atoms with Gasteiger partial charge in [-0.25, -0.2) is 4.90 Å². The Balaban J connectivity index is 1.58. The molecule has 3 atom stereocenters. The molecular weight excluding hydrogens is 513 g/mol. The van der Waals surface area contributed by atoms with Crippen molar-refractivity contribution >= 4 is 63.9 Å². The molecule has 6 rings (SSSR count). The molecule has 2 fully saturated rings. The second-order valence-electron chi connectivity index (χ2n) is 8.64. The lowest BCUT2D eigenvalue weighted by Gasteiger charge is -2.27. The number of hydrogen-bond donors (Lipinski definition) is 0. The number of imide groups is 1. The van der Waals surface area contributed by atoms with Crippen LogP contribution < -0.4 is 4.90 Å². The van der Waals surface area contributed by atoms with E-state index < -0.39 is 46.9 Å². The molecule has 0 N–H and O–H groups in total. The van der Waals surface area contributed by atoms with E-state index in [0.29, 0.717) is 15.6 Å². The van der Waals surface area contributed by atoms with Crippen molar-refractivity contribution in [3.63, 3.8) is 0 Å². The smallest absolute Gasteiger partial charge is 0.241 e. The molecule has 0 aromatic heterocycles. The molecule has 3 aromatic carbocycles. The monoisotopic (exact) mass is 525 g/mol. The third-order valence-electron chi connectivity index (χ3n) is 6.85. The van der Waals surface area contributed by atoms with Crippen molar-refractivity contribution in [1.82, 2.24) is 0 Å². The average Bonchev–Trinajstić information content (AvgIpc) is 3.40. The summed E-state index contributed by atoms with van der Waals surface area (Å²) < 4.78 is 6.22. The molecule has 2 amide bonds. The molecule has 174 valence electrons. The summed E-state index contributed by atoms with van der Waals surface area (Å²) in [6.07, 6.45) is -1.16. The number of nitrogens with zero attached hydrogens (tertiary/aromatic N) is 1. The number of rotatable bonds is 2. The van der Waals surface area contributed by atoms with Crippen LogP contribution in [0, 0.1) is 11.8 Å². The SMILES string of the molecule is O=C1C2C(c3cc(Cl)ccc3Cl)OC3(C(=O)c4ccccc4C3=O)C2C(=O)N1c1cccc(Cl)c1. The largest absolute Gasteiger partial charge is 0.349 e. The predicted octanol–water partition coefficient (Wildman–Crippen LogP) is 5.34. The van der Waals surface area contributed by atoms with Gasteiger partial charge in [-0.3, -0.25) is 19.2 Å². The van der Waals surface area contributed by atoms with E-state index in [9.17, 15) is 19.2 Å². The van der Waals surface area contributed by atoms with Crippen molar-refractivity contribution in [2.24, 2.45) is 11.8 Å². The zero-order valence-electron chi connectivity index (χ0n) is 17.7. The molecule has 2 aliphatic heterocycles. The molecule has 2 saturated heterocycles. The van der Waals surface area contributed by atoms with E-state index in [1.807, 2.05) is 0 Å². The zero-order chi connectivity index (χ0) is 24.6. The molecule has 9 heteroatoms. The Morgan fingerprint density at radius 1 is 0.743 bits per heavy atom. The van der Waals surface area contributed by atoms with Gasteiger partial charge in [0.15, 0.2) is 0 Å². The maximum absolute atomic E-state index is 13.9. The molecule has 6 nitrogen and oxygen atoms in total. The maximum Gasteiger partial charge on any atom is 0.241 e. The Hall–Kier alpha value is -3.03. The number of anilines is 1. The van der Waals surface area contributed by atoms with E-state index in [2.05, 4.69) is 0 Å². The molecule has 3 unspecified atom stereocenters. The molecule has 1 aliphatic carbocycles. The van der Waals surface area contributed by atoms with Crippen molar-refractivity contribution in [2.75, 3.05) is 4.90 Å². The highest BCUT2D eigenvalue weighted by atomic mass is 35.5. The standard InChI is InChI=1S/C26H14Cl3NO5/c27-12-4-3-5-14(10-12)30-24(33)19-20(25(30)34)26(22(31)15-6-1-2-7-16(15)23(26)32)35-21(19)17-11-13(28)8-9-18(17)29/h1-11,19-21H. The highest BCUT2D eigenvalue weighted by molar-refractivity contribution is 6.38. The number of amides is 2. The molecule has 35 heavy (non-hydrogen) atoms. The quantitative estimate of drug-likeness (QED) is 0.333. The number of Topliss-reactive ketones (excluding diaryl/α,β-unsaturated/α-hetero) is 2. The first-order valence-corrected chi connectivity index (χ1v) is 11.8. The third-order valence-corrected chi connectivity index (χ3v) is 7.66. The van der Waals surface area contributed by atoms with Crippen LogP contribution >= 0.6 is 34.8 Å². The van der Waals surface area contributed by atoms with Crippen molar-refractivity contribution in [1.29, 1.82) is 0 Å². The third kappa shape index (κ3) is 2.94. The van der Waals surface area contributed by atoms with E-state index in [4.69, 9.17) is 39.5 Å². The van der Waals surface area contributed by atoms with E-state index in [1.165, 1.54) is 30.3 Å². The van der Waals surface area contributed by atoms with Crippen LogP contribution in [0.1, 0.15) is 32.4 Å². The molecular formula is C26H14Cl3NO5. The Bertz CT molecular complexity index is 1450. The second-order valence-corrected chi connectivity index (χ2v) is 9.92. The van der Waals surface area contributed by atoms with Crippen LogP contribution in [-0.2, 0) is 14.3 Å². The van der Waals surface area contributed by atoms with E-state index >= 15 is 0 Å². The van der Waals surface area contributed by atoms with Crippen LogP contribution in [0.2, 0.25) is 15.1 Å². The van der Waals surface area contributed by atoms with Crippen LogP contribution in [0.5, 0.6) is 0 Å². The number of ketones is 2. The number of ether oxygens (including phenoxy) is 1. The number of carbonyl (C=O) groups is 4. The molecule has 3 aliphatic rings. The van der Waals surface area contributed by atoms with Crippen LogP contribution in [0.15, 0.2) is 66.7 Å². The molecule has 0 bridgehead atoms. The minimum absolute atomic E-state index is 0.149. The first kappa shape index (κ1) is 22.4. The Kier molecular flexibility index (Phi) is 4.96. The highest BCUT2D eigenvalue weighted by Gasteiger charge is 2.74. The molecule has 0 saturated carbocycles. The van der Waals surface area contributed by atoms with Gasteiger partial charge in [-0.05, 0) is 36.4 Å². The van der Waals surface area contributed by atoms with Gasteiger partial charge < -0.3 is 4.74 Å². The summed E-state index contributed by atoms with van der Waals surface area (Å²) in [5.41, 5.74) is -1.34. The number of benzene rings is 3. The topological polar surface area (TPSA) is 80.8 Å². The Labute approximate surface area is 214 Å². The van der Waals surface area contributed by atoms with Gasteiger partial charge in [-0.1, -0.05) is 65.1 Å². The normalized spacial score (nSPS) is 24.4. The van der Waals surface area contributed by atoms with Crippen LogP contribution in [0.4, 0.5) is 5.69 Å². The summed E-state index contributed by atoms with van der Waals surface area (Å²) in [6, 6.07) is 17.1. The molecule has 0 radical (unpaired) electrons. The predicted molar refractivity (Wildman–Crippen MR) is 129 cm³/mol. The van der Waals surface area contributed by atoms with Gasteiger partial charge in [0.2, 0.25) is 29.0 Å². The van der Waals surface area contributed by atoms with Crippen LogP contribution in [-0.4, -0.2) is 29.0 Å². The zero-order valence-corrected chi connectivity index (χ0v) is 20.0. The van der Waals surface area contributed by atoms with Gasteiger partial charge in [0.1, 0.15) is 0 Å². The van der Waals surface area contributed by atoms with Crippen LogP contribution in [0.3, 0.4) is 0 Å². The minimum atomic E-state index is -2.19. The summed E-state index contributed by atoms with van der Waals surface area (Å²) in [5, 5.41) is 0.870. The van der Waals surface area contributed by atoms with Gasteiger partial charge in [0, 0.05) is 31.8 Å². The number of fused-ring (bicyclic) bond motifs is 3. The van der Waals surface area contributed by atoms with E-state index in [-0.39, 0.29) is 21.8 Å². The second kappa shape index (κ2) is 7.73. The Morgan fingerprint density at radius 2 is 1.40 bits per heavy atom. The number of carbonyl (C=O) groups excluding carboxylic acids is 4. The first-order chi connectivity index (χ1) is 16.8. The summed E-state index contributed by atoms with van der Waals surface area (Å²) in [4.78, 5) is 56.1. The summed E-state index contributed by atoms with van der Waals surface area (Å²) >= 11 is 18.8. The molecule has 2 heterocycles.